The third kappa shape index (κ3) is 3.57. The van der Waals surface area contributed by atoms with Crippen molar-refractivity contribution in [3.63, 3.8) is 0 Å². The van der Waals surface area contributed by atoms with Crippen LogP contribution in [-0.2, 0) is 0 Å². The number of likely N-dealkylation sites (tertiary alicyclic amines) is 1. The molecule has 1 fully saturated rings. The first-order valence-electron chi connectivity index (χ1n) is 6.90. The highest BCUT2D eigenvalue weighted by molar-refractivity contribution is 9.10. The van der Waals surface area contributed by atoms with Crippen LogP contribution in [0.1, 0.15) is 35.7 Å². The van der Waals surface area contributed by atoms with Crippen molar-refractivity contribution in [1.29, 1.82) is 0 Å². The molecule has 1 N–H and O–H groups in total. The highest BCUT2D eigenvalue weighted by Crippen LogP contribution is 2.20. The molecule has 3 nitrogen and oxygen atoms in total. The summed E-state index contributed by atoms with van der Waals surface area (Å²) in [5, 5.41) is 3.16. The number of halogens is 1. The van der Waals surface area contributed by atoms with Gasteiger partial charge in [-0.25, -0.2) is 0 Å². The molecule has 1 aliphatic rings. The van der Waals surface area contributed by atoms with Crippen LogP contribution in [0.25, 0.3) is 0 Å². The molecule has 0 atom stereocenters. The minimum Gasteiger partial charge on any atom is -0.349 e. The van der Waals surface area contributed by atoms with Gasteiger partial charge < -0.3 is 10.2 Å². The Morgan fingerprint density at radius 2 is 2.11 bits per heavy atom. The normalized spacial score (nSPS) is 17.4. The Morgan fingerprint density at radius 1 is 1.42 bits per heavy atom. The Morgan fingerprint density at radius 3 is 2.74 bits per heavy atom. The Hall–Kier alpha value is -0.870. The fraction of sp³-hybridized carbons (Fsp3) is 0.533. The molecule has 1 aromatic rings. The van der Waals surface area contributed by atoms with Crippen molar-refractivity contribution in [1.82, 2.24) is 10.2 Å². The summed E-state index contributed by atoms with van der Waals surface area (Å²) in [6, 6.07) is 6.07. The van der Waals surface area contributed by atoms with Crippen molar-refractivity contribution < 1.29 is 4.79 Å². The minimum atomic E-state index is 0.0498. The summed E-state index contributed by atoms with van der Waals surface area (Å²) < 4.78 is 0.987. The summed E-state index contributed by atoms with van der Waals surface area (Å²) in [6.45, 7) is 7.42. The predicted octanol–water partition coefficient (Wildman–Crippen LogP) is 2.97. The Kier molecular flexibility index (Phi) is 4.99. The maximum atomic E-state index is 12.3. The van der Waals surface area contributed by atoms with Gasteiger partial charge in [0.15, 0.2) is 0 Å². The largest absolute Gasteiger partial charge is 0.349 e. The van der Waals surface area contributed by atoms with Crippen molar-refractivity contribution in [2.24, 2.45) is 0 Å². The van der Waals surface area contributed by atoms with Gasteiger partial charge in [-0.05, 0) is 44.0 Å². The number of hydrogen-bond acceptors (Lipinski definition) is 2. The van der Waals surface area contributed by atoms with Crippen LogP contribution in [0, 0.1) is 6.92 Å². The monoisotopic (exact) mass is 324 g/mol. The van der Waals surface area contributed by atoms with Crippen LogP contribution >= 0.6 is 15.9 Å². The Labute approximate surface area is 123 Å². The summed E-state index contributed by atoms with van der Waals surface area (Å²) >= 11 is 3.47. The van der Waals surface area contributed by atoms with Crippen LogP contribution in [0.2, 0.25) is 0 Å². The van der Waals surface area contributed by atoms with Crippen molar-refractivity contribution in [3.05, 3.63) is 33.8 Å². The Bertz CT molecular complexity index is 453. The quantitative estimate of drug-likeness (QED) is 0.927. The summed E-state index contributed by atoms with van der Waals surface area (Å²) in [7, 11) is 0. The van der Waals surface area contributed by atoms with E-state index in [0.717, 1.165) is 48.1 Å². The third-order valence-electron chi connectivity index (χ3n) is 3.88. The van der Waals surface area contributed by atoms with Crippen LogP contribution in [0.4, 0.5) is 0 Å². The van der Waals surface area contributed by atoms with Gasteiger partial charge in [-0.3, -0.25) is 4.79 Å². The van der Waals surface area contributed by atoms with Crippen molar-refractivity contribution in [2.75, 3.05) is 19.6 Å². The fourth-order valence-corrected chi connectivity index (χ4v) is 2.88. The summed E-state index contributed by atoms with van der Waals surface area (Å²) in [5.41, 5.74) is 1.78. The van der Waals surface area contributed by atoms with Crippen LogP contribution < -0.4 is 5.32 Å². The number of rotatable bonds is 3. The molecule has 0 radical (unpaired) electrons. The number of piperidine rings is 1. The van der Waals surface area contributed by atoms with Crippen LogP contribution in [-0.4, -0.2) is 36.5 Å². The lowest BCUT2D eigenvalue weighted by atomic mass is 10.0. The first-order chi connectivity index (χ1) is 9.11. The van der Waals surface area contributed by atoms with Crippen LogP contribution in [0.5, 0.6) is 0 Å². The highest BCUT2D eigenvalue weighted by atomic mass is 79.9. The van der Waals surface area contributed by atoms with E-state index in [9.17, 15) is 4.79 Å². The molecule has 0 spiro atoms. The second-order valence-corrected chi connectivity index (χ2v) is 5.95. The molecule has 0 aromatic heterocycles. The molecule has 1 saturated heterocycles. The van der Waals surface area contributed by atoms with Crippen LogP contribution in [0.15, 0.2) is 22.7 Å². The molecule has 1 amide bonds. The van der Waals surface area contributed by atoms with Gasteiger partial charge in [0.25, 0.3) is 5.91 Å². The number of carbonyl (C=O) groups excluding carboxylic acids is 1. The van der Waals surface area contributed by atoms with Gasteiger partial charge in [0, 0.05) is 29.2 Å². The van der Waals surface area contributed by atoms with Gasteiger partial charge in [0.2, 0.25) is 0 Å². The molecule has 1 heterocycles. The number of benzene rings is 1. The average Bonchev–Trinajstić information content (AvgIpc) is 2.42. The molecule has 0 saturated carbocycles. The molecule has 0 aliphatic carbocycles. The van der Waals surface area contributed by atoms with Crippen molar-refractivity contribution in [2.45, 2.75) is 32.7 Å². The van der Waals surface area contributed by atoms with Crippen LogP contribution in [0.3, 0.4) is 0 Å². The molecular formula is C15H21BrN2O. The first kappa shape index (κ1) is 14.5. The maximum absolute atomic E-state index is 12.3. The second kappa shape index (κ2) is 6.53. The summed E-state index contributed by atoms with van der Waals surface area (Å²) in [6.07, 6.45) is 2.10. The predicted molar refractivity (Wildman–Crippen MR) is 81.5 cm³/mol. The van der Waals surface area contributed by atoms with E-state index in [-0.39, 0.29) is 5.91 Å². The molecule has 1 aliphatic heterocycles. The van der Waals surface area contributed by atoms with E-state index in [0.29, 0.717) is 6.04 Å². The zero-order valence-electron chi connectivity index (χ0n) is 11.6. The number of nitrogens with zero attached hydrogens (tertiary/aromatic N) is 1. The molecule has 1 aromatic carbocycles. The van der Waals surface area contributed by atoms with E-state index >= 15 is 0 Å². The van der Waals surface area contributed by atoms with Gasteiger partial charge in [-0.15, -0.1) is 0 Å². The fourth-order valence-electron chi connectivity index (χ4n) is 2.51. The summed E-state index contributed by atoms with van der Waals surface area (Å²) in [5.74, 6) is 0.0498. The first-order valence-corrected chi connectivity index (χ1v) is 7.69. The number of amides is 1. The summed E-state index contributed by atoms with van der Waals surface area (Å²) in [4.78, 5) is 14.7. The molecular weight excluding hydrogens is 304 g/mol. The zero-order valence-corrected chi connectivity index (χ0v) is 13.2. The molecule has 2 rings (SSSR count). The van der Waals surface area contributed by atoms with Crippen molar-refractivity contribution >= 4 is 21.8 Å². The van der Waals surface area contributed by atoms with Gasteiger partial charge in [-0.2, -0.15) is 0 Å². The van der Waals surface area contributed by atoms with E-state index in [2.05, 4.69) is 33.1 Å². The number of nitrogens with one attached hydrogen (secondary N) is 1. The Balaban J connectivity index is 1.96. The van der Waals surface area contributed by atoms with Gasteiger partial charge >= 0.3 is 0 Å². The lowest BCUT2D eigenvalue weighted by Crippen LogP contribution is -2.44. The third-order valence-corrected chi connectivity index (χ3v) is 4.74. The van der Waals surface area contributed by atoms with E-state index < -0.39 is 0 Å². The van der Waals surface area contributed by atoms with Gasteiger partial charge in [0.1, 0.15) is 0 Å². The van der Waals surface area contributed by atoms with E-state index in [1.165, 1.54) is 0 Å². The molecule has 104 valence electrons. The minimum absolute atomic E-state index is 0.0498. The number of carbonyl (C=O) groups is 1. The standard InChI is InChI=1S/C15H21BrN2O/c1-3-18-9-7-12(8-10-18)17-15(19)13-5-4-6-14(16)11(13)2/h4-6,12H,3,7-10H2,1-2H3,(H,17,19). The van der Waals surface area contributed by atoms with Gasteiger partial charge in [-0.1, -0.05) is 28.9 Å². The van der Waals surface area contributed by atoms with E-state index in [4.69, 9.17) is 0 Å². The lowest BCUT2D eigenvalue weighted by Gasteiger charge is -2.31. The zero-order chi connectivity index (χ0) is 13.8. The molecule has 0 unspecified atom stereocenters. The average molecular weight is 325 g/mol. The lowest BCUT2D eigenvalue weighted by molar-refractivity contribution is 0.0912. The molecule has 0 bridgehead atoms. The highest BCUT2D eigenvalue weighted by Gasteiger charge is 2.21. The number of hydrogen-bond donors (Lipinski definition) is 1. The second-order valence-electron chi connectivity index (χ2n) is 5.09. The molecule has 4 heteroatoms. The molecule has 19 heavy (non-hydrogen) atoms. The van der Waals surface area contributed by atoms with E-state index in [1.807, 2.05) is 25.1 Å². The topological polar surface area (TPSA) is 32.3 Å². The smallest absolute Gasteiger partial charge is 0.251 e. The van der Waals surface area contributed by atoms with Gasteiger partial charge in [0.05, 0.1) is 0 Å². The van der Waals surface area contributed by atoms with E-state index in [1.54, 1.807) is 0 Å². The van der Waals surface area contributed by atoms with Crippen molar-refractivity contribution in [3.8, 4) is 0 Å². The maximum Gasteiger partial charge on any atom is 0.251 e. The SMILES string of the molecule is CCN1CCC(NC(=O)c2cccc(Br)c2C)CC1.